The highest BCUT2D eigenvalue weighted by molar-refractivity contribution is 7.98. The van der Waals surface area contributed by atoms with Crippen molar-refractivity contribution in [2.45, 2.75) is 19.4 Å². The minimum absolute atomic E-state index is 0.275. The number of hydrogen-bond acceptors (Lipinski definition) is 4. The van der Waals surface area contributed by atoms with Crippen LogP contribution in [-0.2, 0) is 0 Å². The molecule has 1 aromatic rings. The van der Waals surface area contributed by atoms with Crippen LogP contribution in [-0.4, -0.2) is 36.2 Å². The molecule has 0 aliphatic heterocycles. The summed E-state index contributed by atoms with van der Waals surface area (Å²) in [6, 6.07) is 5.18. The molecule has 0 heterocycles. The maximum absolute atomic E-state index is 11.2. The molecule has 5 heteroatoms. The number of aromatic carboxylic acids is 1. The zero-order valence-corrected chi connectivity index (χ0v) is 11.8. The predicted octanol–water partition coefficient (Wildman–Crippen LogP) is 2.54. The summed E-state index contributed by atoms with van der Waals surface area (Å²) in [6.45, 7) is 2.09. The third kappa shape index (κ3) is 3.57. The predicted molar refractivity (Wildman–Crippen MR) is 78.7 cm³/mol. The van der Waals surface area contributed by atoms with E-state index >= 15 is 0 Å². The van der Waals surface area contributed by atoms with Crippen LogP contribution in [0, 0.1) is 0 Å². The van der Waals surface area contributed by atoms with Crippen molar-refractivity contribution in [1.29, 1.82) is 0 Å². The summed E-state index contributed by atoms with van der Waals surface area (Å²) >= 11 is 1.79. The fourth-order valence-corrected chi connectivity index (χ4v) is 2.32. The Morgan fingerprint density at radius 1 is 1.56 bits per heavy atom. The van der Waals surface area contributed by atoms with E-state index in [0.29, 0.717) is 16.9 Å². The molecule has 0 saturated carbocycles. The Balaban J connectivity index is 2.99. The van der Waals surface area contributed by atoms with E-state index in [1.54, 1.807) is 30.0 Å². The molecule has 1 atom stereocenters. The molecule has 0 aromatic heterocycles. The molecule has 100 valence electrons. The fraction of sp³-hybridized carbons (Fsp3) is 0.462. The number of carbonyl (C=O) groups is 1. The van der Waals surface area contributed by atoms with E-state index < -0.39 is 5.97 Å². The summed E-state index contributed by atoms with van der Waals surface area (Å²) in [5.41, 5.74) is 7.30. The number of anilines is 2. The molecule has 0 fully saturated rings. The number of nitrogens with two attached hydrogens (primary N) is 1. The van der Waals surface area contributed by atoms with Gasteiger partial charge in [0.2, 0.25) is 0 Å². The lowest BCUT2D eigenvalue weighted by Gasteiger charge is -2.28. The van der Waals surface area contributed by atoms with Gasteiger partial charge in [0.15, 0.2) is 0 Å². The third-order valence-electron chi connectivity index (χ3n) is 3.03. The van der Waals surface area contributed by atoms with E-state index in [9.17, 15) is 9.90 Å². The van der Waals surface area contributed by atoms with Gasteiger partial charge in [-0.05, 0) is 43.6 Å². The van der Waals surface area contributed by atoms with Crippen LogP contribution >= 0.6 is 11.8 Å². The zero-order valence-electron chi connectivity index (χ0n) is 11.0. The topological polar surface area (TPSA) is 66.6 Å². The van der Waals surface area contributed by atoms with Gasteiger partial charge >= 0.3 is 5.97 Å². The van der Waals surface area contributed by atoms with E-state index in [1.807, 2.05) is 11.9 Å². The van der Waals surface area contributed by atoms with Crippen molar-refractivity contribution in [2.24, 2.45) is 0 Å². The Morgan fingerprint density at radius 3 is 2.78 bits per heavy atom. The number of nitrogen functional groups attached to an aromatic ring is 1. The highest BCUT2D eigenvalue weighted by Crippen LogP contribution is 2.25. The van der Waals surface area contributed by atoms with E-state index in [-0.39, 0.29) is 6.04 Å². The van der Waals surface area contributed by atoms with E-state index in [4.69, 9.17) is 5.73 Å². The van der Waals surface area contributed by atoms with Gasteiger partial charge in [0.1, 0.15) is 0 Å². The van der Waals surface area contributed by atoms with Gasteiger partial charge in [-0.3, -0.25) is 0 Å². The summed E-state index contributed by atoms with van der Waals surface area (Å²) < 4.78 is 0. The molecule has 18 heavy (non-hydrogen) atoms. The lowest BCUT2D eigenvalue weighted by Crippen LogP contribution is -2.30. The lowest BCUT2D eigenvalue weighted by molar-refractivity contribution is 0.0697. The molecule has 1 unspecified atom stereocenters. The smallest absolute Gasteiger partial charge is 0.337 e. The Labute approximate surface area is 112 Å². The van der Waals surface area contributed by atoms with E-state index in [2.05, 4.69) is 13.2 Å². The second-order valence-electron chi connectivity index (χ2n) is 4.32. The minimum Gasteiger partial charge on any atom is -0.478 e. The molecule has 0 amide bonds. The van der Waals surface area contributed by atoms with E-state index in [1.165, 1.54) is 0 Å². The second kappa shape index (κ2) is 6.54. The van der Waals surface area contributed by atoms with Crippen molar-refractivity contribution in [3.8, 4) is 0 Å². The molecule has 0 spiro atoms. The molecule has 4 nitrogen and oxygen atoms in total. The first-order valence-electron chi connectivity index (χ1n) is 5.82. The average Bonchev–Trinajstić information content (AvgIpc) is 2.34. The van der Waals surface area contributed by atoms with Crippen molar-refractivity contribution < 1.29 is 9.90 Å². The molecule has 0 saturated heterocycles. The van der Waals surface area contributed by atoms with Crippen molar-refractivity contribution in [3.63, 3.8) is 0 Å². The Morgan fingerprint density at radius 2 is 2.22 bits per heavy atom. The van der Waals surface area contributed by atoms with Crippen LogP contribution in [0.15, 0.2) is 18.2 Å². The quantitative estimate of drug-likeness (QED) is 0.776. The van der Waals surface area contributed by atoms with Crippen molar-refractivity contribution >= 4 is 29.1 Å². The first-order chi connectivity index (χ1) is 8.47. The number of thioether (sulfide) groups is 1. The first kappa shape index (κ1) is 14.7. The number of rotatable bonds is 6. The Kier molecular flexibility index (Phi) is 5.34. The van der Waals surface area contributed by atoms with Crippen LogP contribution in [0.2, 0.25) is 0 Å². The lowest BCUT2D eigenvalue weighted by atomic mass is 10.1. The van der Waals surface area contributed by atoms with E-state index in [0.717, 1.165) is 12.2 Å². The molecular weight excluding hydrogens is 248 g/mol. The van der Waals surface area contributed by atoms with Gasteiger partial charge in [-0.15, -0.1) is 0 Å². The van der Waals surface area contributed by atoms with Crippen molar-refractivity contribution in [2.75, 3.05) is 29.7 Å². The minimum atomic E-state index is -0.922. The summed E-state index contributed by atoms with van der Waals surface area (Å²) in [4.78, 5) is 13.2. The van der Waals surface area contributed by atoms with Crippen LogP contribution < -0.4 is 10.6 Å². The SMILES string of the molecule is CSCCC(C)N(C)c1cc(N)ccc1C(=O)O. The summed E-state index contributed by atoms with van der Waals surface area (Å²) in [5, 5.41) is 9.19. The molecule has 3 N–H and O–H groups in total. The standard InChI is InChI=1S/C13H20N2O2S/c1-9(6-7-18-3)15(2)12-8-10(14)4-5-11(12)13(16)17/h4-5,8-9H,6-7,14H2,1-3H3,(H,16,17). The van der Waals surface area contributed by atoms with Gasteiger partial charge in [-0.1, -0.05) is 0 Å². The van der Waals surface area contributed by atoms with Gasteiger partial charge in [-0.2, -0.15) is 11.8 Å². The van der Waals surface area contributed by atoms with Gasteiger partial charge in [0.05, 0.1) is 11.3 Å². The van der Waals surface area contributed by atoms with Crippen LogP contribution in [0.3, 0.4) is 0 Å². The molecule has 0 bridgehead atoms. The number of nitrogens with zero attached hydrogens (tertiary/aromatic N) is 1. The number of carboxylic acid groups (broad SMARTS) is 1. The van der Waals surface area contributed by atoms with Gasteiger partial charge in [0, 0.05) is 18.8 Å². The van der Waals surface area contributed by atoms with Gasteiger partial charge < -0.3 is 15.7 Å². The Hall–Kier alpha value is -1.36. The number of benzene rings is 1. The fourth-order valence-electron chi connectivity index (χ4n) is 1.74. The normalized spacial score (nSPS) is 12.2. The molecule has 0 aliphatic carbocycles. The number of hydrogen-bond donors (Lipinski definition) is 2. The molecule has 1 aromatic carbocycles. The molecular formula is C13H20N2O2S. The average molecular weight is 268 g/mol. The Bertz CT molecular complexity index is 423. The molecule has 0 radical (unpaired) electrons. The van der Waals surface area contributed by atoms with Crippen LogP contribution in [0.1, 0.15) is 23.7 Å². The highest BCUT2D eigenvalue weighted by Gasteiger charge is 2.17. The van der Waals surface area contributed by atoms with Crippen molar-refractivity contribution in [1.82, 2.24) is 0 Å². The van der Waals surface area contributed by atoms with Gasteiger partial charge in [0.25, 0.3) is 0 Å². The van der Waals surface area contributed by atoms with Crippen LogP contribution in [0.4, 0.5) is 11.4 Å². The maximum atomic E-state index is 11.2. The molecule has 1 rings (SSSR count). The maximum Gasteiger partial charge on any atom is 0.337 e. The summed E-state index contributed by atoms with van der Waals surface area (Å²) in [6.07, 6.45) is 3.07. The third-order valence-corrected chi connectivity index (χ3v) is 3.68. The van der Waals surface area contributed by atoms with Crippen molar-refractivity contribution in [3.05, 3.63) is 23.8 Å². The van der Waals surface area contributed by atoms with Gasteiger partial charge in [-0.25, -0.2) is 4.79 Å². The first-order valence-corrected chi connectivity index (χ1v) is 7.21. The highest BCUT2D eigenvalue weighted by atomic mass is 32.2. The molecule has 0 aliphatic rings. The number of carboxylic acids is 1. The summed E-state index contributed by atoms with van der Waals surface area (Å²) in [5.74, 6) is 0.130. The second-order valence-corrected chi connectivity index (χ2v) is 5.31. The van der Waals surface area contributed by atoms with Crippen LogP contribution in [0.25, 0.3) is 0 Å². The zero-order chi connectivity index (χ0) is 13.7. The van der Waals surface area contributed by atoms with Crippen LogP contribution in [0.5, 0.6) is 0 Å². The largest absolute Gasteiger partial charge is 0.478 e. The monoisotopic (exact) mass is 268 g/mol. The summed E-state index contributed by atoms with van der Waals surface area (Å²) in [7, 11) is 1.91.